The fourth-order valence-electron chi connectivity index (χ4n) is 3.35. The van der Waals surface area contributed by atoms with Crippen molar-refractivity contribution in [1.82, 2.24) is 0 Å². The Morgan fingerprint density at radius 3 is 2.03 bits per heavy atom. The van der Waals surface area contributed by atoms with Crippen LogP contribution in [0.25, 0.3) is 17.2 Å². The summed E-state index contributed by atoms with van der Waals surface area (Å²) in [7, 11) is 1.49. The summed E-state index contributed by atoms with van der Waals surface area (Å²) >= 11 is 0. The highest BCUT2D eigenvalue weighted by Crippen LogP contribution is 2.34. The van der Waals surface area contributed by atoms with E-state index < -0.39 is 0 Å². The number of hydrogen-bond acceptors (Lipinski definition) is 2. The van der Waals surface area contributed by atoms with Crippen molar-refractivity contribution in [3.05, 3.63) is 113 Å². The third kappa shape index (κ3) is 5.50. The normalized spacial score (nSPS) is 12.2. The van der Waals surface area contributed by atoms with Gasteiger partial charge in [0, 0.05) is 0 Å². The zero-order chi connectivity index (χ0) is 20.5. The Balaban J connectivity index is 2.05. The van der Waals surface area contributed by atoms with E-state index in [1.54, 1.807) is 0 Å². The number of rotatable bonds is 8. The molecule has 0 N–H and O–H groups in total. The highest BCUT2D eigenvalue weighted by molar-refractivity contribution is 5.98. The lowest BCUT2D eigenvalue weighted by molar-refractivity contribution is -0.263. The van der Waals surface area contributed by atoms with Crippen molar-refractivity contribution in [3.63, 3.8) is 0 Å². The number of benzene rings is 3. The Bertz CT molecular complexity index is 956. The first kappa shape index (κ1) is 20.7. The molecule has 0 saturated heterocycles. The first-order chi connectivity index (χ1) is 14.2. The van der Waals surface area contributed by atoms with E-state index in [0.717, 1.165) is 28.7 Å². The van der Waals surface area contributed by atoms with Crippen LogP contribution in [0.3, 0.4) is 0 Å². The van der Waals surface area contributed by atoms with E-state index in [4.69, 9.17) is 4.89 Å². The number of hydrogen-bond donors (Lipinski definition) is 0. The van der Waals surface area contributed by atoms with Gasteiger partial charge in [0.1, 0.15) is 12.4 Å². The van der Waals surface area contributed by atoms with Crippen molar-refractivity contribution >= 4 is 17.2 Å². The Labute approximate surface area is 171 Å². The Hall–Kier alpha value is -3.01. The summed E-state index contributed by atoms with van der Waals surface area (Å²) in [6, 6.07) is 25.4. The molecule has 2 nitrogen and oxygen atoms in total. The van der Waals surface area contributed by atoms with E-state index in [-0.39, 0.29) is 5.82 Å². The molecule has 148 valence electrons. The van der Waals surface area contributed by atoms with E-state index >= 15 is 0 Å². The standard InChI is InChI=1S/C26H25FO2/c1-3-25(21-9-5-4-6-10-21)26(23-15-17-24(27)18-16-23)22-13-11-20(12-14-22)8-7-19-29-28-2/h4-18H,3,19H2,1-2H3. The van der Waals surface area contributed by atoms with Crippen molar-refractivity contribution in [1.29, 1.82) is 0 Å². The second kappa shape index (κ2) is 10.5. The molecule has 0 spiro atoms. The first-order valence-corrected chi connectivity index (χ1v) is 9.70. The first-order valence-electron chi connectivity index (χ1n) is 9.70. The molecule has 0 atom stereocenters. The maximum absolute atomic E-state index is 13.5. The maximum Gasteiger partial charge on any atom is 0.123 e. The summed E-state index contributed by atoms with van der Waals surface area (Å²) in [5.74, 6) is -0.232. The van der Waals surface area contributed by atoms with Gasteiger partial charge in [0.2, 0.25) is 0 Å². The van der Waals surface area contributed by atoms with Crippen LogP contribution in [-0.4, -0.2) is 13.7 Å². The molecular weight excluding hydrogens is 363 g/mol. The van der Waals surface area contributed by atoms with E-state index in [0.29, 0.717) is 6.61 Å². The van der Waals surface area contributed by atoms with Crippen molar-refractivity contribution in [2.75, 3.05) is 13.7 Å². The van der Waals surface area contributed by atoms with E-state index in [9.17, 15) is 4.39 Å². The molecule has 0 bridgehead atoms. The Morgan fingerprint density at radius 2 is 1.45 bits per heavy atom. The maximum atomic E-state index is 13.5. The Morgan fingerprint density at radius 1 is 0.828 bits per heavy atom. The van der Waals surface area contributed by atoms with Gasteiger partial charge >= 0.3 is 0 Å². The van der Waals surface area contributed by atoms with Crippen molar-refractivity contribution in [2.45, 2.75) is 13.3 Å². The van der Waals surface area contributed by atoms with Crippen LogP contribution in [-0.2, 0) is 9.78 Å². The summed E-state index contributed by atoms with van der Waals surface area (Å²) in [5, 5.41) is 0. The fourth-order valence-corrected chi connectivity index (χ4v) is 3.35. The molecule has 0 aliphatic heterocycles. The molecule has 3 heteroatoms. The quantitative estimate of drug-likeness (QED) is 0.183. The highest BCUT2D eigenvalue weighted by atomic mass is 19.1. The van der Waals surface area contributed by atoms with E-state index in [1.165, 1.54) is 30.4 Å². The second-order valence-corrected chi connectivity index (χ2v) is 6.56. The molecule has 3 rings (SSSR count). The molecule has 3 aromatic carbocycles. The van der Waals surface area contributed by atoms with Crippen LogP contribution in [0.2, 0.25) is 0 Å². The molecular formula is C26H25FO2. The van der Waals surface area contributed by atoms with Gasteiger partial charge in [0.05, 0.1) is 7.11 Å². The molecule has 3 aromatic rings. The predicted octanol–water partition coefficient (Wildman–Crippen LogP) is 6.79. The average Bonchev–Trinajstić information content (AvgIpc) is 2.77. The van der Waals surface area contributed by atoms with Gasteiger partial charge in [-0.05, 0) is 52.0 Å². The van der Waals surface area contributed by atoms with Crippen LogP contribution in [0.15, 0.2) is 84.9 Å². The zero-order valence-electron chi connectivity index (χ0n) is 16.8. The van der Waals surface area contributed by atoms with Crippen LogP contribution in [0, 0.1) is 5.82 Å². The molecule has 0 radical (unpaired) electrons. The van der Waals surface area contributed by atoms with Gasteiger partial charge in [-0.2, -0.15) is 0 Å². The SMILES string of the molecule is CCC(=C(c1ccc(F)cc1)c1ccc(C=CCOOC)cc1)c1ccccc1. The average molecular weight is 388 g/mol. The topological polar surface area (TPSA) is 18.5 Å². The minimum Gasteiger partial charge on any atom is -0.240 e. The fraction of sp³-hybridized carbons (Fsp3) is 0.154. The van der Waals surface area contributed by atoms with Crippen molar-refractivity contribution < 1.29 is 14.2 Å². The lowest BCUT2D eigenvalue weighted by Gasteiger charge is -2.16. The largest absolute Gasteiger partial charge is 0.240 e. The van der Waals surface area contributed by atoms with Gasteiger partial charge in [0.25, 0.3) is 0 Å². The summed E-state index contributed by atoms with van der Waals surface area (Å²) in [5.41, 5.74) is 6.71. The summed E-state index contributed by atoms with van der Waals surface area (Å²) in [6.07, 6.45) is 4.76. The van der Waals surface area contributed by atoms with Crippen molar-refractivity contribution in [2.24, 2.45) is 0 Å². The second-order valence-electron chi connectivity index (χ2n) is 6.56. The van der Waals surface area contributed by atoms with Crippen LogP contribution in [0.5, 0.6) is 0 Å². The van der Waals surface area contributed by atoms with Gasteiger partial charge in [-0.15, -0.1) is 0 Å². The number of allylic oxidation sites excluding steroid dienone is 1. The summed E-state index contributed by atoms with van der Waals surface area (Å²) in [4.78, 5) is 9.44. The third-order valence-corrected chi connectivity index (χ3v) is 4.70. The van der Waals surface area contributed by atoms with Crippen LogP contribution >= 0.6 is 0 Å². The van der Waals surface area contributed by atoms with Crippen molar-refractivity contribution in [3.8, 4) is 0 Å². The van der Waals surface area contributed by atoms with E-state index in [1.807, 2.05) is 42.5 Å². The molecule has 0 amide bonds. The summed E-state index contributed by atoms with van der Waals surface area (Å²) in [6.45, 7) is 2.55. The zero-order valence-corrected chi connectivity index (χ0v) is 16.8. The van der Waals surface area contributed by atoms with Crippen LogP contribution in [0.1, 0.15) is 35.6 Å². The van der Waals surface area contributed by atoms with Gasteiger partial charge in [-0.1, -0.05) is 85.8 Å². The van der Waals surface area contributed by atoms with Gasteiger partial charge in [-0.3, -0.25) is 0 Å². The van der Waals surface area contributed by atoms with Gasteiger partial charge < -0.3 is 0 Å². The molecule has 0 heterocycles. The molecule has 29 heavy (non-hydrogen) atoms. The molecule has 0 aromatic heterocycles. The lowest BCUT2D eigenvalue weighted by atomic mass is 9.88. The van der Waals surface area contributed by atoms with Gasteiger partial charge in [-0.25, -0.2) is 14.2 Å². The number of halogens is 1. The monoisotopic (exact) mass is 388 g/mol. The Kier molecular flexibility index (Phi) is 7.51. The molecule has 0 fully saturated rings. The molecule has 0 unspecified atom stereocenters. The smallest absolute Gasteiger partial charge is 0.123 e. The highest BCUT2D eigenvalue weighted by Gasteiger charge is 2.13. The van der Waals surface area contributed by atoms with Gasteiger partial charge in [0.15, 0.2) is 0 Å². The van der Waals surface area contributed by atoms with Crippen LogP contribution < -0.4 is 0 Å². The molecule has 0 aliphatic carbocycles. The minimum atomic E-state index is -0.232. The van der Waals surface area contributed by atoms with E-state index in [2.05, 4.69) is 48.2 Å². The third-order valence-electron chi connectivity index (χ3n) is 4.70. The molecule has 0 aliphatic rings. The summed E-state index contributed by atoms with van der Waals surface area (Å²) < 4.78 is 13.5. The molecule has 0 saturated carbocycles. The van der Waals surface area contributed by atoms with Crippen LogP contribution in [0.4, 0.5) is 4.39 Å². The lowest BCUT2D eigenvalue weighted by Crippen LogP contribution is -1.95. The minimum absolute atomic E-state index is 0.232. The predicted molar refractivity (Wildman–Crippen MR) is 117 cm³/mol.